The van der Waals surface area contributed by atoms with E-state index in [0.29, 0.717) is 0 Å². The molecule has 0 bridgehead atoms. The first-order valence-electron chi connectivity index (χ1n) is 4.50. The molecule has 0 spiro atoms. The second-order valence-corrected chi connectivity index (χ2v) is 3.73. The topological polar surface area (TPSA) is 46.6 Å². The summed E-state index contributed by atoms with van der Waals surface area (Å²) < 4.78 is 17.8. The minimum atomic E-state index is -0.689. The Morgan fingerprint density at radius 1 is 1.25 bits per heavy atom. The molecule has 2 rings (SSSR count). The number of cyclic esters (lactones) is 2. The molecule has 0 aliphatic carbocycles. The molecule has 0 N–H and O–H groups in total. The molecule has 1 aliphatic rings. The summed E-state index contributed by atoms with van der Waals surface area (Å²) in [5.74, 6) is -1.95. The van der Waals surface area contributed by atoms with Crippen molar-refractivity contribution in [3.05, 3.63) is 29.0 Å². The third-order valence-electron chi connectivity index (χ3n) is 2.12. The number of carbonyl (C=O) groups is 2. The van der Waals surface area contributed by atoms with Crippen molar-refractivity contribution in [2.75, 3.05) is 18.0 Å². The van der Waals surface area contributed by atoms with Gasteiger partial charge in [-0.25, -0.2) is 14.0 Å². The van der Waals surface area contributed by atoms with Crippen LogP contribution in [0.3, 0.4) is 0 Å². The van der Waals surface area contributed by atoms with Gasteiger partial charge in [0.15, 0.2) is 0 Å². The van der Waals surface area contributed by atoms with Crippen LogP contribution in [-0.2, 0) is 14.3 Å². The van der Waals surface area contributed by atoms with Crippen LogP contribution < -0.4 is 4.90 Å². The number of esters is 2. The zero-order chi connectivity index (χ0) is 11.7. The van der Waals surface area contributed by atoms with Gasteiger partial charge < -0.3 is 9.64 Å². The van der Waals surface area contributed by atoms with Gasteiger partial charge in [0.25, 0.3) is 0 Å². The van der Waals surface area contributed by atoms with Crippen LogP contribution in [0.4, 0.5) is 10.1 Å². The highest BCUT2D eigenvalue weighted by Gasteiger charge is 2.26. The Hall–Kier alpha value is -1.62. The summed E-state index contributed by atoms with van der Waals surface area (Å²) in [5, 5.41) is 0.257. The minimum Gasteiger partial charge on any atom is -0.390 e. The van der Waals surface area contributed by atoms with Crippen LogP contribution >= 0.6 is 11.6 Å². The van der Waals surface area contributed by atoms with Crippen molar-refractivity contribution in [2.45, 2.75) is 0 Å². The molecule has 0 unspecified atom stereocenters. The van der Waals surface area contributed by atoms with E-state index in [4.69, 9.17) is 11.6 Å². The summed E-state index contributed by atoms with van der Waals surface area (Å²) in [6, 6.07) is 4.04. The first kappa shape index (κ1) is 10.9. The van der Waals surface area contributed by atoms with Crippen molar-refractivity contribution in [1.29, 1.82) is 0 Å². The van der Waals surface area contributed by atoms with E-state index in [1.54, 1.807) is 0 Å². The monoisotopic (exact) mass is 243 g/mol. The Bertz CT molecular complexity index is 447. The lowest BCUT2D eigenvalue weighted by atomic mass is 10.2. The predicted molar refractivity (Wildman–Crippen MR) is 54.7 cm³/mol. The zero-order valence-corrected chi connectivity index (χ0v) is 8.83. The fraction of sp³-hybridized carbons (Fsp3) is 0.200. The first-order chi connectivity index (χ1) is 7.56. The minimum absolute atomic E-state index is 0.149. The normalized spacial score (nSPS) is 16.2. The molecule has 1 saturated heterocycles. The van der Waals surface area contributed by atoms with E-state index in [9.17, 15) is 14.0 Å². The highest BCUT2D eigenvalue weighted by Crippen LogP contribution is 2.23. The van der Waals surface area contributed by atoms with E-state index in [2.05, 4.69) is 4.74 Å². The Morgan fingerprint density at radius 3 is 2.44 bits per heavy atom. The van der Waals surface area contributed by atoms with E-state index in [-0.39, 0.29) is 23.8 Å². The van der Waals surface area contributed by atoms with Crippen LogP contribution in [0.2, 0.25) is 5.02 Å². The highest BCUT2D eigenvalue weighted by molar-refractivity contribution is 6.30. The van der Waals surface area contributed by atoms with Crippen molar-refractivity contribution in [2.24, 2.45) is 0 Å². The fourth-order valence-corrected chi connectivity index (χ4v) is 1.63. The van der Waals surface area contributed by atoms with Crippen LogP contribution in [0.5, 0.6) is 0 Å². The maximum Gasteiger partial charge on any atom is 0.333 e. The van der Waals surface area contributed by atoms with Gasteiger partial charge in [-0.15, -0.1) is 0 Å². The van der Waals surface area contributed by atoms with Gasteiger partial charge in [0.05, 0.1) is 5.69 Å². The number of halogens is 2. The first-order valence-corrected chi connectivity index (χ1v) is 4.87. The van der Waals surface area contributed by atoms with Crippen molar-refractivity contribution in [1.82, 2.24) is 0 Å². The van der Waals surface area contributed by atoms with Crippen LogP contribution in [0.25, 0.3) is 0 Å². The number of morpholine rings is 1. The average molecular weight is 244 g/mol. The van der Waals surface area contributed by atoms with Crippen LogP contribution in [0.1, 0.15) is 0 Å². The largest absolute Gasteiger partial charge is 0.390 e. The summed E-state index contributed by atoms with van der Waals surface area (Å²) in [4.78, 5) is 23.3. The number of hydrogen-bond donors (Lipinski definition) is 0. The Morgan fingerprint density at radius 2 is 1.88 bits per heavy atom. The SMILES string of the molecule is O=C1CN(c2ccc(Cl)cc2F)CC(=O)O1. The number of ether oxygens (including phenoxy) is 1. The standard InChI is InChI=1S/C10H7ClFNO3/c11-6-1-2-8(7(12)3-6)13-4-9(14)16-10(15)5-13/h1-3H,4-5H2. The molecular weight excluding hydrogens is 237 g/mol. The number of hydrogen-bond acceptors (Lipinski definition) is 4. The van der Waals surface area contributed by atoms with Gasteiger partial charge in [-0.05, 0) is 18.2 Å². The lowest BCUT2D eigenvalue weighted by molar-refractivity contribution is -0.160. The Kier molecular flexibility index (Phi) is 2.78. The Labute approximate surface area is 95.6 Å². The van der Waals surface area contributed by atoms with Gasteiger partial charge >= 0.3 is 11.9 Å². The van der Waals surface area contributed by atoms with Crippen molar-refractivity contribution < 1.29 is 18.7 Å². The van der Waals surface area contributed by atoms with Crippen LogP contribution in [-0.4, -0.2) is 25.0 Å². The zero-order valence-electron chi connectivity index (χ0n) is 8.07. The lowest BCUT2D eigenvalue weighted by Crippen LogP contribution is -2.43. The molecule has 0 atom stereocenters. The van der Waals surface area contributed by atoms with E-state index in [1.807, 2.05) is 0 Å². The summed E-state index contributed by atoms with van der Waals surface area (Å²) in [7, 11) is 0. The molecule has 84 valence electrons. The van der Waals surface area contributed by atoms with E-state index < -0.39 is 17.8 Å². The second kappa shape index (κ2) is 4.09. The van der Waals surface area contributed by atoms with Gasteiger partial charge in [-0.2, -0.15) is 0 Å². The predicted octanol–water partition coefficient (Wildman–Crippen LogP) is 1.37. The Balaban J connectivity index is 2.29. The van der Waals surface area contributed by atoms with Gasteiger partial charge in [0.2, 0.25) is 0 Å². The van der Waals surface area contributed by atoms with Crippen molar-refractivity contribution >= 4 is 29.2 Å². The molecule has 1 heterocycles. The summed E-state index contributed by atoms with van der Waals surface area (Å²) >= 11 is 5.60. The summed E-state index contributed by atoms with van der Waals surface area (Å²) in [5.41, 5.74) is 0.161. The molecule has 4 nitrogen and oxygen atoms in total. The molecule has 1 aliphatic heterocycles. The maximum atomic E-state index is 13.5. The summed E-state index contributed by atoms with van der Waals surface area (Å²) in [6.07, 6.45) is 0. The smallest absolute Gasteiger partial charge is 0.333 e. The molecule has 0 radical (unpaired) electrons. The average Bonchev–Trinajstić information content (AvgIpc) is 2.15. The maximum absolute atomic E-state index is 13.5. The van der Waals surface area contributed by atoms with Crippen LogP contribution in [0, 0.1) is 5.82 Å². The van der Waals surface area contributed by atoms with Gasteiger partial charge in [-0.1, -0.05) is 11.6 Å². The highest BCUT2D eigenvalue weighted by atomic mass is 35.5. The van der Waals surface area contributed by atoms with Gasteiger partial charge in [-0.3, -0.25) is 0 Å². The number of benzene rings is 1. The second-order valence-electron chi connectivity index (χ2n) is 3.30. The number of carbonyl (C=O) groups excluding carboxylic acids is 2. The summed E-state index contributed by atoms with van der Waals surface area (Å²) in [6.45, 7) is -0.297. The molecule has 6 heteroatoms. The molecule has 1 aromatic rings. The van der Waals surface area contributed by atoms with Gasteiger partial charge in [0.1, 0.15) is 18.9 Å². The third kappa shape index (κ3) is 2.14. The molecule has 0 aromatic heterocycles. The van der Waals surface area contributed by atoms with E-state index in [0.717, 1.165) is 6.07 Å². The molecule has 0 saturated carbocycles. The quantitative estimate of drug-likeness (QED) is 0.552. The number of nitrogens with zero attached hydrogens (tertiary/aromatic N) is 1. The molecule has 16 heavy (non-hydrogen) atoms. The van der Waals surface area contributed by atoms with Crippen LogP contribution in [0.15, 0.2) is 18.2 Å². The number of rotatable bonds is 1. The fourth-order valence-electron chi connectivity index (χ4n) is 1.47. The molecule has 1 fully saturated rings. The number of anilines is 1. The van der Waals surface area contributed by atoms with E-state index in [1.165, 1.54) is 17.0 Å². The molecule has 0 amide bonds. The van der Waals surface area contributed by atoms with Crippen molar-refractivity contribution in [3.8, 4) is 0 Å². The molecular formula is C10H7ClFNO3. The third-order valence-corrected chi connectivity index (χ3v) is 2.35. The lowest BCUT2D eigenvalue weighted by Gasteiger charge is -2.26. The van der Waals surface area contributed by atoms with E-state index >= 15 is 0 Å². The molecule has 1 aromatic carbocycles. The van der Waals surface area contributed by atoms with Gasteiger partial charge in [0, 0.05) is 5.02 Å². The van der Waals surface area contributed by atoms with Crippen molar-refractivity contribution in [3.63, 3.8) is 0 Å².